The van der Waals surface area contributed by atoms with Gasteiger partial charge in [0.2, 0.25) is 0 Å². The van der Waals surface area contributed by atoms with E-state index in [1.54, 1.807) is 6.07 Å². The van der Waals surface area contributed by atoms with Crippen LogP contribution in [0.4, 0.5) is 15.9 Å². The van der Waals surface area contributed by atoms with E-state index in [1.165, 1.54) is 6.07 Å². The lowest BCUT2D eigenvalue weighted by atomic mass is 9.97. The first-order valence-electron chi connectivity index (χ1n) is 8.77. The minimum absolute atomic E-state index is 0.202. The van der Waals surface area contributed by atoms with Crippen LogP contribution in [-0.4, -0.2) is 24.1 Å². The summed E-state index contributed by atoms with van der Waals surface area (Å²) in [5.41, 5.74) is 10.3. The predicted molar refractivity (Wildman–Crippen MR) is 102 cm³/mol. The summed E-state index contributed by atoms with van der Waals surface area (Å²) in [4.78, 5) is 3.19. The highest BCUT2D eigenvalue weighted by Gasteiger charge is 2.17. The molecule has 5 heteroatoms. The van der Waals surface area contributed by atoms with Crippen LogP contribution in [0.3, 0.4) is 0 Å². The summed E-state index contributed by atoms with van der Waals surface area (Å²) in [6, 6.07) is 11.6. The second-order valence-electron chi connectivity index (χ2n) is 6.81. The van der Waals surface area contributed by atoms with Gasteiger partial charge in [0.15, 0.2) is 0 Å². The van der Waals surface area contributed by atoms with Gasteiger partial charge >= 0.3 is 0 Å². The number of aryl methyl sites for hydroxylation is 1. The van der Waals surface area contributed by atoms with Crippen molar-refractivity contribution >= 4 is 22.4 Å². The molecule has 1 aliphatic heterocycles. The molecule has 0 amide bonds. The first-order valence-corrected chi connectivity index (χ1v) is 8.77. The third kappa shape index (κ3) is 3.07. The standard InChI is InChI=1S/C20H23FN4/c1-12-3-2-4-16(21)20(12)13-9-17(24-14-5-7-23-8-6-14)15-11-19(22)25-18(15)10-13/h2-4,9-11,14,23-25H,5-8,22H2,1H3. The van der Waals surface area contributed by atoms with Gasteiger partial charge < -0.3 is 21.4 Å². The van der Waals surface area contributed by atoms with Gasteiger partial charge in [-0.25, -0.2) is 4.39 Å². The van der Waals surface area contributed by atoms with Crippen LogP contribution in [-0.2, 0) is 0 Å². The number of nitrogens with two attached hydrogens (primary N) is 1. The van der Waals surface area contributed by atoms with E-state index in [0.29, 0.717) is 17.4 Å². The number of halogens is 1. The quantitative estimate of drug-likeness (QED) is 0.583. The van der Waals surface area contributed by atoms with E-state index in [2.05, 4.69) is 15.6 Å². The summed E-state index contributed by atoms with van der Waals surface area (Å²) in [5.74, 6) is 0.414. The van der Waals surface area contributed by atoms with Crippen molar-refractivity contribution in [3.8, 4) is 11.1 Å². The van der Waals surface area contributed by atoms with Gasteiger partial charge in [-0.1, -0.05) is 12.1 Å². The number of hydrogen-bond donors (Lipinski definition) is 4. The maximum absolute atomic E-state index is 14.5. The van der Waals surface area contributed by atoms with Crippen molar-refractivity contribution in [1.82, 2.24) is 10.3 Å². The van der Waals surface area contributed by atoms with Gasteiger partial charge in [0.25, 0.3) is 0 Å². The highest BCUT2D eigenvalue weighted by molar-refractivity contribution is 5.98. The second-order valence-corrected chi connectivity index (χ2v) is 6.81. The maximum atomic E-state index is 14.5. The van der Waals surface area contributed by atoms with Crippen LogP contribution in [0.1, 0.15) is 18.4 Å². The molecule has 0 unspecified atom stereocenters. The average Bonchev–Trinajstić information content (AvgIpc) is 2.96. The van der Waals surface area contributed by atoms with Gasteiger partial charge in [0.05, 0.1) is 0 Å². The Balaban J connectivity index is 1.83. The van der Waals surface area contributed by atoms with Crippen molar-refractivity contribution in [3.63, 3.8) is 0 Å². The molecule has 0 bridgehead atoms. The van der Waals surface area contributed by atoms with Gasteiger partial charge in [-0.3, -0.25) is 0 Å². The lowest BCUT2D eigenvalue weighted by molar-refractivity contribution is 0.479. The minimum atomic E-state index is -0.202. The van der Waals surface area contributed by atoms with Crippen LogP contribution < -0.4 is 16.4 Å². The Morgan fingerprint density at radius 3 is 2.72 bits per heavy atom. The molecule has 1 aliphatic rings. The van der Waals surface area contributed by atoms with Gasteiger partial charge in [-0.05, 0) is 68.2 Å². The molecule has 3 aromatic rings. The maximum Gasteiger partial charge on any atom is 0.131 e. The SMILES string of the molecule is Cc1cccc(F)c1-c1cc(NC2CCNCC2)c2cc(N)[nH]c2c1. The van der Waals surface area contributed by atoms with Gasteiger partial charge in [0.1, 0.15) is 11.6 Å². The van der Waals surface area contributed by atoms with Crippen molar-refractivity contribution < 1.29 is 4.39 Å². The zero-order valence-electron chi connectivity index (χ0n) is 14.3. The van der Waals surface area contributed by atoms with Crippen LogP contribution in [0.5, 0.6) is 0 Å². The van der Waals surface area contributed by atoms with E-state index < -0.39 is 0 Å². The van der Waals surface area contributed by atoms with Crippen LogP contribution in [0.25, 0.3) is 22.0 Å². The number of aromatic nitrogens is 1. The molecule has 0 spiro atoms. The first kappa shape index (κ1) is 16.0. The van der Waals surface area contributed by atoms with Crippen LogP contribution in [0.2, 0.25) is 0 Å². The first-order chi connectivity index (χ1) is 12.1. The third-order valence-corrected chi connectivity index (χ3v) is 4.97. The molecule has 4 nitrogen and oxygen atoms in total. The average molecular weight is 338 g/mol. The number of aromatic amines is 1. The van der Waals surface area contributed by atoms with Gasteiger partial charge in [-0.15, -0.1) is 0 Å². The largest absolute Gasteiger partial charge is 0.385 e. The summed E-state index contributed by atoms with van der Waals surface area (Å²) in [5, 5.41) is 8.08. The number of hydrogen-bond acceptors (Lipinski definition) is 3. The van der Waals surface area contributed by atoms with E-state index in [-0.39, 0.29) is 5.82 Å². The summed E-state index contributed by atoms with van der Waals surface area (Å²) in [7, 11) is 0. The molecule has 2 heterocycles. The van der Waals surface area contributed by atoms with E-state index >= 15 is 0 Å². The molecule has 0 aliphatic carbocycles. The monoisotopic (exact) mass is 338 g/mol. The molecule has 5 N–H and O–H groups in total. The fourth-order valence-electron chi connectivity index (χ4n) is 3.71. The lowest BCUT2D eigenvalue weighted by Gasteiger charge is -2.25. The molecular weight excluding hydrogens is 315 g/mol. The number of anilines is 2. The molecule has 0 atom stereocenters. The second kappa shape index (κ2) is 6.41. The number of rotatable bonds is 3. The lowest BCUT2D eigenvalue weighted by Crippen LogP contribution is -2.35. The van der Waals surface area contributed by atoms with Crippen molar-refractivity contribution in [2.24, 2.45) is 0 Å². The number of fused-ring (bicyclic) bond motifs is 1. The molecule has 1 saturated heterocycles. The summed E-state index contributed by atoms with van der Waals surface area (Å²) in [6.45, 7) is 3.97. The van der Waals surface area contributed by atoms with E-state index in [9.17, 15) is 4.39 Å². The molecule has 1 aromatic heterocycles. The zero-order chi connectivity index (χ0) is 17.4. The number of H-pyrrole nitrogens is 1. The Kier molecular flexibility index (Phi) is 4.09. The van der Waals surface area contributed by atoms with Gasteiger partial charge in [-0.2, -0.15) is 0 Å². The zero-order valence-corrected chi connectivity index (χ0v) is 14.3. The summed E-state index contributed by atoms with van der Waals surface area (Å²) < 4.78 is 14.5. The molecule has 2 aromatic carbocycles. The molecule has 4 rings (SSSR count). The topological polar surface area (TPSA) is 65.9 Å². The Labute approximate surface area is 146 Å². The Hall–Kier alpha value is -2.53. The minimum Gasteiger partial charge on any atom is -0.385 e. The molecule has 25 heavy (non-hydrogen) atoms. The van der Waals surface area contributed by atoms with E-state index in [4.69, 9.17) is 5.73 Å². The third-order valence-electron chi connectivity index (χ3n) is 4.97. The van der Waals surface area contributed by atoms with E-state index in [1.807, 2.05) is 31.2 Å². The predicted octanol–water partition coefficient (Wildman–Crippen LogP) is 4.03. The summed E-state index contributed by atoms with van der Waals surface area (Å²) in [6.07, 6.45) is 2.15. The Morgan fingerprint density at radius 1 is 1.16 bits per heavy atom. The highest BCUT2D eigenvalue weighted by Crippen LogP contribution is 2.35. The fraction of sp³-hybridized carbons (Fsp3) is 0.300. The van der Waals surface area contributed by atoms with Crippen LogP contribution in [0.15, 0.2) is 36.4 Å². The Bertz CT molecular complexity index is 889. The van der Waals surface area contributed by atoms with Crippen LogP contribution >= 0.6 is 0 Å². The van der Waals surface area contributed by atoms with Gasteiger partial charge in [0, 0.05) is 28.2 Å². The number of nitrogen functional groups attached to an aromatic ring is 1. The molecule has 130 valence electrons. The number of piperidine rings is 1. The normalized spacial score (nSPS) is 15.6. The van der Waals surface area contributed by atoms with Crippen molar-refractivity contribution in [2.45, 2.75) is 25.8 Å². The molecule has 1 fully saturated rings. The smallest absolute Gasteiger partial charge is 0.131 e. The molecule has 0 saturated carbocycles. The molecular formula is C20H23FN4. The summed E-state index contributed by atoms with van der Waals surface area (Å²) >= 11 is 0. The van der Waals surface area contributed by atoms with Crippen LogP contribution in [0, 0.1) is 12.7 Å². The Morgan fingerprint density at radius 2 is 1.96 bits per heavy atom. The number of nitrogens with one attached hydrogen (secondary N) is 3. The highest BCUT2D eigenvalue weighted by atomic mass is 19.1. The molecule has 0 radical (unpaired) electrons. The van der Waals surface area contributed by atoms with Crippen molar-refractivity contribution in [3.05, 3.63) is 47.8 Å². The van der Waals surface area contributed by atoms with E-state index in [0.717, 1.165) is 53.6 Å². The number of benzene rings is 2. The fourth-order valence-corrected chi connectivity index (χ4v) is 3.71. The van der Waals surface area contributed by atoms with Crippen molar-refractivity contribution in [1.29, 1.82) is 0 Å². The van der Waals surface area contributed by atoms with Crippen molar-refractivity contribution in [2.75, 3.05) is 24.1 Å².